The lowest BCUT2D eigenvalue weighted by Gasteiger charge is -2.12. The van der Waals surface area contributed by atoms with Gasteiger partial charge in [0.05, 0.1) is 17.7 Å². The van der Waals surface area contributed by atoms with E-state index < -0.39 is 29.5 Å². The van der Waals surface area contributed by atoms with Crippen LogP contribution in [0.15, 0.2) is 52.6 Å². The molecule has 0 fully saturated rings. The van der Waals surface area contributed by atoms with Gasteiger partial charge in [0, 0.05) is 16.3 Å². The number of carbonyl (C=O) groups excluding carboxylic acids is 2. The molecule has 2 heterocycles. The molecule has 0 saturated carbocycles. The highest BCUT2D eigenvalue weighted by Crippen LogP contribution is 2.31. The third-order valence-electron chi connectivity index (χ3n) is 5.43. The van der Waals surface area contributed by atoms with Crippen LogP contribution in [-0.2, 0) is 4.74 Å². The van der Waals surface area contributed by atoms with E-state index in [-0.39, 0.29) is 33.8 Å². The number of halogens is 3. The molecule has 0 aliphatic rings. The topological polar surface area (TPSA) is 99.5 Å². The average molecular weight is 532 g/mol. The summed E-state index contributed by atoms with van der Waals surface area (Å²) in [6.07, 6.45) is -4.88. The monoisotopic (exact) mass is 531 g/mol. The minimum Gasteiger partial charge on any atom is -0.461 e. The number of ether oxygens (including phenoxy) is 2. The molecule has 0 aliphatic heterocycles. The molecule has 1 amide bonds. The van der Waals surface area contributed by atoms with Crippen molar-refractivity contribution < 1.29 is 32.2 Å². The minimum atomic E-state index is -4.88. The number of anilines is 1. The first-order valence-electron chi connectivity index (χ1n) is 10.9. The standard InChI is InChI=1S/C25H20F3N3O5S/c1-4-35-24(34)20-18-12-37-22(29-21(32)15-6-5-13(2)14(3)11-15)19(18)23(33)31(30-20)16-7-9-17(10-8-16)36-25(26,27)28/h5-12H,4H2,1-3H3,(H,29,32). The maximum absolute atomic E-state index is 13.5. The summed E-state index contributed by atoms with van der Waals surface area (Å²) in [6, 6.07) is 9.59. The number of amides is 1. The Balaban J connectivity index is 1.82. The summed E-state index contributed by atoms with van der Waals surface area (Å²) in [4.78, 5) is 39.1. The van der Waals surface area contributed by atoms with Gasteiger partial charge in [-0.25, -0.2) is 4.79 Å². The largest absolute Gasteiger partial charge is 0.573 e. The number of aromatic nitrogens is 2. The first-order valence-corrected chi connectivity index (χ1v) is 11.8. The molecule has 0 bridgehead atoms. The molecule has 37 heavy (non-hydrogen) atoms. The molecule has 2 aromatic heterocycles. The summed E-state index contributed by atoms with van der Waals surface area (Å²) in [5, 5.41) is 8.73. The fourth-order valence-electron chi connectivity index (χ4n) is 3.51. The zero-order chi connectivity index (χ0) is 26.9. The van der Waals surface area contributed by atoms with Crippen LogP contribution in [0.5, 0.6) is 5.75 Å². The van der Waals surface area contributed by atoms with Gasteiger partial charge >= 0.3 is 12.3 Å². The fourth-order valence-corrected chi connectivity index (χ4v) is 4.45. The molecule has 1 N–H and O–H groups in total. The van der Waals surface area contributed by atoms with Gasteiger partial charge in [-0.2, -0.15) is 9.78 Å². The van der Waals surface area contributed by atoms with Crippen molar-refractivity contribution in [2.45, 2.75) is 27.1 Å². The van der Waals surface area contributed by atoms with Crippen LogP contribution in [0.3, 0.4) is 0 Å². The van der Waals surface area contributed by atoms with Crippen molar-refractivity contribution >= 4 is 39.0 Å². The zero-order valence-electron chi connectivity index (χ0n) is 19.8. The van der Waals surface area contributed by atoms with E-state index in [9.17, 15) is 27.6 Å². The van der Waals surface area contributed by atoms with Crippen LogP contribution in [0.25, 0.3) is 16.5 Å². The molecule has 0 aliphatic carbocycles. The van der Waals surface area contributed by atoms with Crippen molar-refractivity contribution in [3.8, 4) is 11.4 Å². The second kappa shape index (κ2) is 10.1. The summed E-state index contributed by atoms with van der Waals surface area (Å²) in [7, 11) is 0. The second-order valence-corrected chi connectivity index (χ2v) is 8.81. The molecular weight excluding hydrogens is 511 g/mol. The number of thiophene rings is 1. The maximum atomic E-state index is 13.5. The number of rotatable bonds is 6. The molecule has 8 nitrogen and oxygen atoms in total. The van der Waals surface area contributed by atoms with Crippen molar-refractivity contribution in [3.05, 3.63) is 80.6 Å². The van der Waals surface area contributed by atoms with E-state index in [1.54, 1.807) is 25.1 Å². The third-order valence-corrected chi connectivity index (χ3v) is 6.33. The first kappa shape index (κ1) is 25.9. The number of alkyl halides is 3. The van der Waals surface area contributed by atoms with Gasteiger partial charge in [-0.05, 0) is 68.3 Å². The molecule has 12 heteroatoms. The smallest absolute Gasteiger partial charge is 0.461 e. The Kier molecular flexibility index (Phi) is 7.03. The van der Waals surface area contributed by atoms with E-state index in [0.717, 1.165) is 39.3 Å². The molecule has 0 atom stereocenters. The summed E-state index contributed by atoms with van der Waals surface area (Å²) >= 11 is 1.03. The van der Waals surface area contributed by atoms with Crippen molar-refractivity contribution in [2.75, 3.05) is 11.9 Å². The number of benzene rings is 2. The molecule has 4 rings (SSSR count). The van der Waals surface area contributed by atoms with E-state index in [0.29, 0.717) is 5.56 Å². The number of carbonyl (C=O) groups is 2. The molecule has 0 saturated heterocycles. The molecular formula is C25H20F3N3O5S. The lowest BCUT2D eigenvalue weighted by molar-refractivity contribution is -0.274. The predicted octanol–water partition coefficient (Wildman–Crippen LogP) is 5.39. The first-order chi connectivity index (χ1) is 17.5. The van der Waals surface area contributed by atoms with Gasteiger partial charge < -0.3 is 14.8 Å². The number of nitrogens with zero attached hydrogens (tertiary/aromatic N) is 2. The van der Waals surface area contributed by atoms with Gasteiger partial charge in [0.2, 0.25) is 0 Å². The lowest BCUT2D eigenvalue weighted by Crippen LogP contribution is -2.25. The van der Waals surface area contributed by atoms with E-state index in [1.165, 1.54) is 17.5 Å². The minimum absolute atomic E-state index is 0.0101. The number of esters is 1. The number of aryl methyl sites for hydroxylation is 2. The van der Waals surface area contributed by atoms with Gasteiger partial charge in [-0.15, -0.1) is 24.5 Å². The van der Waals surface area contributed by atoms with Gasteiger partial charge in [0.1, 0.15) is 10.8 Å². The van der Waals surface area contributed by atoms with E-state index >= 15 is 0 Å². The molecule has 4 aromatic rings. The van der Waals surface area contributed by atoms with Gasteiger partial charge in [-0.3, -0.25) is 9.59 Å². The molecule has 2 aromatic carbocycles. The van der Waals surface area contributed by atoms with Crippen LogP contribution in [0.4, 0.5) is 18.2 Å². The van der Waals surface area contributed by atoms with E-state index in [4.69, 9.17) is 4.74 Å². The molecule has 0 spiro atoms. The van der Waals surface area contributed by atoms with E-state index in [1.807, 2.05) is 13.8 Å². The Bertz CT molecular complexity index is 1560. The zero-order valence-corrected chi connectivity index (χ0v) is 20.6. The predicted molar refractivity (Wildman–Crippen MR) is 132 cm³/mol. The summed E-state index contributed by atoms with van der Waals surface area (Å²) in [6.45, 7) is 5.43. The van der Waals surface area contributed by atoms with Crippen LogP contribution in [-0.4, -0.2) is 34.6 Å². The SMILES string of the molecule is CCOC(=O)c1nn(-c2ccc(OC(F)(F)F)cc2)c(=O)c2c(NC(=O)c3ccc(C)c(C)c3)scc12. The quantitative estimate of drug-likeness (QED) is 0.335. The van der Waals surface area contributed by atoms with Gasteiger partial charge in [-0.1, -0.05) is 6.07 Å². The number of nitrogens with one attached hydrogen (secondary N) is 1. The highest BCUT2D eigenvalue weighted by Gasteiger charge is 2.31. The van der Waals surface area contributed by atoms with Gasteiger partial charge in [0.15, 0.2) is 5.69 Å². The average Bonchev–Trinajstić information content (AvgIpc) is 3.25. The number of fused-ring (bicyclic) bond motifs is 1. The normalized spacial score (nSPS) is 11.4. The summed E-state index contributed by atoms with van der Waals surface area (Å²) < 4.78 is 47.4. The summed E-state index contributed by atoms with van der Waals surface area (Å²) in [5.41, 5.74) is 1.50. The highest BCUT2D eigenvalue weighted by atomic mass is 32.1. The highest BCUT2D eigenvalue weighted by molar-refractivity contribution is 7.16. The van der Waals surface area contributed by atoms with Crippen molar-refractivity contribution in [1.29, 1.82) is 0 Å². The van der Waals surface area contributed by atoms with Gasteiger partial charge in [0.25, 0.3) is 11.5 Å². The van der Waals surface area contributed by atoms with Crippen LogP contribution in [0, 0.1) is 13.8 Å². The van der Waals surface area contributed by atoms with Crippen LogP contribution >= 0.6 is 11.3 Å². The van der Waals surface area contributed by atoms with Crippen LogP contribution < -0.4 is 15.6 Å². The number of hydrogen-bond acceptors (Lipinski definition) is 7. The Morgan fingerprint density at radius 2 is 1.78 bits per heavy atom. The van der Waals surface area contributed by atoms with Crippen molar-refractivity contribution in [3.63, 3.8) is 0 Å². The second-order valence-electron chi connectivity index (χ2n) is 7.93. The fraction of sp³-hybridized carbons (Fsp3) is 0.200. The Morgan fingerprint density at radius 3 is 2.41 bits per heavy atom. The Morgan fingerprint density at radius 1 is 1.08 bits per heavy atom. The third kappa shape index (κ3) is 5.48. The Hall–Kier alpha value is -4.19. The van der Waals surface area contributed by atoms with Crippen LogP contribution in [0.1, 0.15) is 38.9 Å². The van der Waals surface area contributed by atoms with Crippen LogP contribution in [0.2, 0.25) is 0 Å². The maximum Gasteiger partial charge on any atom is 0.573 e. The lowest BCUT2D eigenvalue weighted by atomic mass is 10.1. The molecule has 0 radical (unpaired) electrons. The van der Waals surface area contributed by atoms with E-state index in [2.05, 4.69) is 15.2 Å². The molecule has 0 unspecified atom stereocenters. The number of hydrogen-bond donors (Lipinski definition) is 1. The van der Waals surface area contributed by atoms with Crippen molar-refractivity contribution in [1.82, 2.24) is 9.78 Å². The molecule has 192 valence electrons. The summed E-state index contributed by atoms with van der Waals surface area (Å²) in [5.74, 6) is -1.75. The Labute approximate surface area is 212 Å². The van der Waals surface area contributed by atoms with Crippen molar-refractivity contribution in [2.24, 2.45) is 0 Å².